The van der Waals surface area contributed by atoms with Gasteiger partial charge in [-0.1, -0.05) is 19.3 Å². The second-order valence-corrected chi connectivity index (χ2v) is 6.30. The fourth-order valence-electron chi connectivity index (χ4n) is 4.11. The van der Waals surface area contributed by atoms with Gasteiger partial charge in [-0.3, -0.25) is 4.99 Å². The first-order chi connectivity index (χ1) is 9.26. The lowest BCUT2D eigenvalue weighted by Gasteiger charge is -2.58. The van der Waals surface area contributed by atoms with Crippen LogP contribution in [0.3, 0.4) is 0 Å². The minimum Gasteiger partial charge on any atom is -0.378 e. The maximum atomic E-state index is 6.00. The minimum atomic E-state index is 0. The summed E-state index contributed by atoms with van der Waals surface area (Å²) in [6.07, 6.45) is 8.41. The molecule has 2 aliphatic carbocycles. The summed E-state index contributed by atoms with van der Waals surface area (Å²) in [4.78, 5) is 6.82. The van der Waals surface area contributed by atoms with Gasteiger partial charge in [0, 0.05) is 31.7 Å². The van der Waals surface area contributed by atoms with Gasteiger partial charge in [0.2, 0.25) is 0 Å². The third-order valence-electron chi connectivity index (χ3n) is 5.30. The molecule has 2 fully saturated rings. The second-order valence-electron chi connectivity index (χ2n) is 6.30. The molecule has 2 unspecified atom stereocenters. The van der Waals surface area contributed by atoms with E-state index >= 15 is 0 Å². The second kappa shape index (κ2) is 6.81. The highest BCUT2D eigenvalue weighted by atomic mass is 127. The Bertz CT molecular complexity index is 355. The molecule has 0 bridgehead atoms. The molecule has 2 saturated carbocycles. The van der Waals surface area contributed by atoms with Crippen LogP contribution in [0.4, 0.5) is 0 Å². The molecule has 0 aromatic rings. The summed E-state index contributed by atoms with van der Waals surface area (Å²) in [5.74, 6) is 1.10. The van der Waals surface area contributed by atoms with Crippen LogP contribution in [-0.2, 0) is 4.74 Å². The van der Waals surface area contributed by atoms with Crippen LogP contribution in [0.15, 0.2) is 4.99 Å². The molecular formula is C15H28IN3O. The SMILES string of the molecule is CCOC1CC(NC2=NCCN2C)C12CCCCC2.I. The van der Waals surface area contributed by atoms with Crippen molar-refractivity contribution in [2.24, 2.45) is 10.4 Å². The molecule has 2 atom stereocenters. The quantitative estimate of drug-likeness (QED) is 0.750. The summed E-state index contributed by atoms with van der Waals surface area (Å²) >= 11 is 0. The van der Waals surface area contributed by atoms with Gasteiger partial charge in [-0.05, 0) is 26.2 Å². The third kappa shape index (κ3) is 2.80. The zero-order chi connectivity index (χ0) is 13.3. The van der Waals surface area contributed by atoms with Crippen molar-refractivity contribution >= 4 is 29.9 Å². The van der Waals surface area contributed by atoms with Gasteiger partial charge in [-0.25, -0.2) is 0 Å². The fourth-order valence-corrected chi connectivity index (χ4v) is 4.11. The van der Waals surface area contributed by atoms with Crippen LogP contribution in [0.2, 0.25) is 0 Å². The number of nitrogens with one attached hydrogen (secondary N) is 1. The van der Waals surface area contributed by atoms with Gasteiger partial charge in [0.15, 0.2) is 5.96 Å². The van der Waals surface area contributed by atoms with Crippen molar-refractivity contribution in [2.45, 2.75) is 57.6 Å². The average Bonchev–Trinajstić information content (AvgIpc) is 2.84. The Balaban J connectivity index is 0.00000147. The van der Waals surface area contributed by atoms with Gasteiger partial charge in [-0.15, -0.1) is 24.0 Å². The van der Waals surface area contributed by atoms with E-state index in [4.69, 9.17) is 4.74 Å². The molecule has 4 nitrogen and oxygen atoms in total. The molecule has 3 rings (SSSR count). The van der Waals surface area contributed by atoms with Gasteiger partial charge < -0.3 is 15.0 Å². The fraction of sp³-hybridized carbons (Fsp3) is 0.933. The molecule has 1 heterocycles. The van der Waals surface area contributed by atoms with Crippen molar-refractivity contribution in [1.29, 1.82) is 0 Å². The highest BCUT2D eigenvalue weighted by Crippen LogP contribution is 2.53. The molecule has 5 heteroatoms. The number of likely N-dealkylation sites (N-methyl/N-ethyl adjacent to an activating group) is 1. The van der Waals surface area contributed by atoms with Gasteiger partial charge >= 0.3 is 0 Å². The van der Waals surface area contributed by atoms with E-state index in [0.717, 1.165) is 32.1 Å². The largest absolute Gasteiger partial charge is 0.378 e. The number of hydrogen-bond acceptors (Lipinski definition) is 4. The molecule has 20 heavy (non-hydrogen) atoms. The molecule has 1 aliphatic heterocycles. The summed E-state index contributed by atoms with van der Waals surface area (Å²) in [5.41, 5.74) is 0.389. The number of rotatable bonds is 3. The third-order valence-corrected chi connectivity index (χ3v) is 5.30. The topological polar surface area (TPSA) is 36.9 Å². The van der Waals surface area contributed by atoms with E-state index in [0.29, 0.717) is 17.6 Å². The number of nitrogens with zero attached hydrogens (tertiary/aromatic N) is 2. The summed E-state index contributed by atoms with van der Waals surface area (Å²) in [6, 6.07) is 0.573. The molecule has 0 radical (unpaired) electrons. The molecule has 116 valence electrons. The van der Waals surface area contributed by atoms with Crippen molar-refractivity contribution in [3.05, 3.63) is 0 Å². The number of guanidine groups is 1. The Kier molecular flexibility index (Phi) is 5.56. The van der Waals surface area contributed by atoms with Crippen molar-refractivity contribution in [1.82, 2.24) is 10.2 Å². The Morgan fingerprint density at radius 3 is 2.70 bits per heavy atom. The first kappa shape index (κ1) is 16.3. The molecule has 0 aromatic carbocycles. The molecule has 0 aromatic heterocycles. The smallest absolute Gasteiger partial charge is 0.194 e. The van der Waals surface area contributed by atoms with Crippen LogP contribution in [0.25, 0.3) is 0 Å². The summed E-state index contributed by atoms with van der Waals surface area (Å²) in [6.45, 7) is 4.95. The minimum absolute atomic E-state index is 0. The van der Waals surface area contributed by atoms with Crippen LogP contribution in [-0.4, -0.2) is 49.7 Å². The molecule has 0 saturated heterocycles. The highest BCUT2D eigenvalue weighted by molar-refractivity contribution is 14.0. The van der Waals surface area contributed by atoms with Gasteiger partial charge in [0.25, 0.3) is 0 Å². The molecular weight excluding hydrogens is 365 g/mol. The lowest BCUT2D eigenvalue weighted by Crippen LogP contribution is -2.66. The van der Waals surface area contributed by atoms with Crippen LogP contribution in [0.5, 0.6) is 0 Å². The van der Waals surface area contributed by atoms with Crippen LogP contribution in [0.1, 0.15) is 45.4 Å². The monoisotopic (exact) mass is 393 g/mol. The predicted octanol–water partition coefficient (Wildman–Crippen LogP) is 2.62. The van der Waals surface area contributed by atoms with Crippen molar-refractivity contribution in [3.63, 3.8) is 0 Å². The van der Waals surface area contributed by atoms with Gasteiger partial charge in [0.05, 0.1) is 12.6 Å². The zero-order valence-electron chi connectivity index (χ0n) is 12.7. The Morgan fingerprint density at radius 2 is 2.10 bits per heavy atom. The van der Waals surface area contributed by atoms with Gasteiger partial charge in [0.1, 0.15) is 0 Å². The number of aliphatic imine (C=N–C) groups is 1. The Morgan fingerprint density at radius 1 is 1.35 bits per heavy atom. The highest BCUT2D eigenvalue weighted by Gasteiger charge is 2.56. The summed E-state index contributed by atoms with van der Waals surface area (Å²) in [7, 11) is 2.13. The summed E-state index contributed by atoms with van der Waals surface area (Å²) in [5, 5.41) is 3.71. The standard InChI is InChI=1S/C15H27N3O.HI/c1-3-19-13-11-12(15(13)7-5-4-6-8-15)17-14-16-9-10-18(14)2;/h12-13H,3-11H2,1-2H3,(H,16,17);1H. The predicted molar refractivity (Wildman–Crippen MR) is 92.8 cm³/mol. The van der Waals surface area contributed by atoms with E-state index < -0.39 is 0 Å². The molecule has 0 amide bonds. The average molecular weight is 393 g/mol. The van der Waals surface area contributed by atoms with Crippen LogP contribution >= 0.6 is 24.0 Å². The molecule has 1 spiro atoms. The van der Waals surface area contributed by atoms with E-state index in [1.54, 1.807) is 0 Å². The van der Waals surface area contributed by atoms with E-state index in [1.165, 1.54) is 32.1 Å². The maximum Gasteiger partial charge on any atom is 0.194 e. The first-order valence-electron chi connectivity index (χ1n) is 7.90. The number of hydrogen-bond donors (Lipinski definition) is 1. The van der Waals surface area contributed by atoms with Crippen molar-refractivity contribution < 1.29 is 4.74 Å². The van der Waals surface area contributed by atoms with Crippen LogP contribution in [0, 0.1) is 5.41 Å². The molecule has 3 aliphatic rings. The number of halogens is 1. The van der Waals surface area contributed by atoms with Gasteiger partial charge in [-0.2, -0.15) is 0 Å². The first-order valence-corrected chi connectivity index (χ1v) is 7.90. The normalized spacial score (nSPS) is 31.5. The van der Waals surface area contributed by atoms with Crippen molar-refractivity contribution in [2.75, 3.05) is 26.7 Å². The lowest BCUT2D eigenvalue weighted by atomic mass is 9.55. The zero-order valence-corrected chi connectivity index (χ0v) is 15.1. The Labute approximate surface area is 139 Å². The van der Waals surface area contributed by atoms with E-state index in [-0.39, 0.29) is 24.0 Å². The van der Waals surface area contributed by atoms with Crippen LogP contribution < -0.4 is 5.32 Å². The lowest BCUT2D eigenvalue weighted by molar-refractivity contribution is -0.145. The number of ether oxygens (including phenoxy) is 1. The molecule has 1 N–H and O–H groups in total. The van der Waals surface area contributed by atoms with E-state index in [9.17, 15) is 0 Å². The van der Waals surface area contributed by atoms with E-state index in [1.807, 2.05) is 0 Å². The summed E-state index contributed by atoms with van der Waals surface area (Å²) < 4.78 is 6.00. The Hall–Kier alpha value is -0.0400. The van der Waals surface area contributed by atoms with Crippen molar-refractivity contribution in [3.8, 4) is 0 Å². The van der Waals surface area contributed by atoms with E-state index in [2.05, 4.69) is 29.2 Å². The maximum absolute atomic E-state index is 6.00.